The van der Waals surface area contributed by atoms with Gasteiger partial charge in [0.1, 0.15) is 0 Å². The summed E-state index contributed by atoms with van der Waals surface area (Å²) in [7, 11) is 0. The van der Waals surface area contributed by atoms with Crippen LogP contribution in [-0.2, 0) is 6.54 Å². The first kappa shape index (κ1) is 14.1. The van der Waals surface area contributed by atoms with Gasteiger partial charge in [0.25, 0.3) is 5.91 Å². The van der Waals surface area contributed by atoms with Gasteiger partial charge in [-0.2, -0.15) is 0 Å². The number of rotatable bonds is 4. The molecule has 0 atom stereocenters. The molecule has 0 saturated heterocycles. The highest BCUT2D eigenvalue weighted by molar-refractivity contribution is 5.91. The zero-order valence-electron chi connectivity index (χ0n) is 10.2. The van der Waals surface area contributed by atoms with Crippen molar-refractivity contribution in [2.45, 2.75) is 6.54 Å². The number of aromatic nitrogens is 3. The molecule has 0 saturated carbocycles. The van der Waals surface area contributed by atoms with E-state index in [2.05, 4.69) is 5.16 Å². The molecule has 12 heteroatoms. The second-order valence-electron chi connectivity index (χ2n) is 3.81. The smallest absolute Gasteiger partial charge is 0.350 e. The van der Waals surface area contributed by atoms with Crippen LogP contribution in [-0.4, -0.2) is 25.5 Å². The summed E-state index contributed by atoms with van der Waals surface area (Å²) in [5.41, 5.74) is -1.07. The minimum absolute atomic E-state index is 0.0667. The molecule has 0 aliphatic carbocycles. The fourth-order valence-corrected chi connectivity index (χ4v) is 1.48. The molecule has 0 aliphatic rings. The molecule has 0 spiro atoms. The van der Waals surface area contributed by atoms with Crippen LogP contribution in [0.1, 0.15) is 16.2 Å². The lowest BCUT2D eigenvalue weighted by molar-refractivity contribution is -0.386. The SMILES string of the molecule is NNC(=O)c1cc(Cn2cc([N+](=O)[O-])c(=O)[nH]c2=O)on1. The van der Waals surface area contributed by atoms with Gasteiger partial charge in [-0.25, -0.2) is 10.6 Å². The summed E-state index contributed by atoms with van der Waals surface area (Å²) in [6.07, 6.45) is 0.770. The molecule has 0 aromatic carbocycles. The molecule has 0 radical (unpaired) electrons. The molecular formula is C9H8N6O6. The van der Waals surface area contributed by atoms with E-state index >= 15 is 0 Å². The van der Waals surface area contributed by atoms with Crippen LogP contribution < -0.4 is 22.5 Å². The Morgan fingerprint density at radius 3 is 2.90 bits per heavy atom. The lowest BCUT2D eigenvalue weighted by atomic mass is 10.3. The third-order valence-corrected chi connectivity index (χ3v) is 2.44. The van der Waals surface area contributed by atoms with Gasteiger partial charge >= 0.3 is 16.9 Å². The average Bonchev–Trinajstić information content (AvgIpc) is 2.89. The summed E-state index contributed by atoms with van der Waals surface area (Å²) in [6.45, 7) is -0.263. The van der Waals surface area contributed by atoms with Gasteiger partial charge in [0.2, 0.25) is 0 Å². The lowest BCUT2D eigenvalue weighted by Gasteiger charge is -2.00. The zero-order chi connectivity index (χ0) is 15.6. The quantitative estimate of drug-likeness (QED) is 0.253. The molecule has 12 nitrogen and oxygen atoms in total. The normalized spacial score (nSPS) is 10.3. The topological polar surface area (TPSA) is 179 Å². The molecular weight excluding hydrogens is 288 g/mol. The standard InChI is InChI=1S/C9H8N6O6/c10-12-7(16)5-1-4(21-13-5)2-14-3-6(15(19)20)8(17)11-9(14)18/h1,3H,2,10H2,(H,12,16)(H,11,17,18). The average molecular weight is 296 g/mol. The van der Waals surface area contributed by atoms with E-state index in [1.165, 1.54) is 6.07 Å². The number of nitro groups is 1. The minimum Gasteiger partial charge on any atom is -0.359 e. The van der Waals surface area contributed by atoms with Crippen molar-refractivity contribution in [1.82, 2.24) is 20.1 Å². The van der Waals surface area contributed by atoms with Crippen molar-refractivity contribution in [2.75, 3.05) is 0 Å². The van der Waals surface area contributed by atoms with Crippen molar-refractivity contribution in [2.24, 2.45) is 5.84 Å². The van der Waals surface area contributed by atoms with Crippen LogP contribution in [0.25, 0.3) is 0 Å². The second kappa shape index (κ2) is 5.38. The van der Waals surface area contributed by atoms with E-state index in [0.29, 0.717) is 0 Å². The van der Waals surface area contributed by atoms with Crippen molar-refractivity contribution in [3.05, 3.63) is 54.7 Å². The number of carbonyl (C=O) groups is 1. The van der Waals surface area contributed by atoms with Crippen molar-refractivity contribution >= 4 is 11.6 Å². The van der Waals surface area contributed by atoms with Crippen molar-refractivity contribution in [1.29, 1.82) is 0 Å². The van der Waals surface area contributed by atoms with E-state index in [4.69, 9.17) is 10.4 Å². The number of hydrogen-bond donors (Lipinski definition) is 3. The molecule has 0 unspecified atom stereocenters. The Labute approximate surface area is 114 Å². The summed E-state index contributed by atoms with van der Waals surface area (Å²) in [5.74, 6) is 4.27. The number of H-pyrrole nitrogens is 1. The zero-order valence-corrected chi connectivity index (χ0v) is 10.2. The fourth-order valence-electron chi connectivity index (χ4n) is 1.48. The van der Waals surface area contributed by atoms with Crippen LogP contribution in [0.3, 0.4) is 0 Å². The Kier molecular flexibility index (Phi) is 3.62. The highest BCUT2D eigenvalue weighted by atomic mass is 16.6. The van der Waals surface area contributed by atoms with Gasteiger partial charge in [0.15, 0.2) is 11.5 Å². The Hall–Kier alpha value is -3.28. The van der Waals surface area contributed by atoms with Gasteiger partial charge in [0, 0.05) is 6.07 Å². The van der Waals surface area contributed by atoms with Gasteiger partial charge in [-0.1, -0.05) is 5.16 Å². The number of nitrogens with zero attached hydrogens (tertiary/aromatic N) is 3. The third kappa shape index (κ3) is 2.84. The van der Waals surface area contributed by atoms with Crippen LogP contribution in [0.2, 0.25) is 0 Å². The summed E-state index contributed by atoms with van der Waals surface area (Å²) in [6, 6.07) is 1.20. The number of hydrogen-bond acceptors (Lipinski definition) is 8. The number of nitrogens with two attached hydrogens (primary N) is 1. The highest BCUT2D eigenvalue weighted by Crippen LogP contribution is 2.06. The van der Waals surface area contributed by atoms with E-state index in [9.17, 15) is 24.5 Å². The summed E-state index contributed by atoms with van der Waals surface area (Å²) < 4.78 is 5.63. The van der Waals surface area contributed by atoms with Gasteiger partial charge in [-0.3, -0.25) is 34.7 Å². The molecule has 1 amide bonds. The Balaban J connectivity index is 2.35. The van der Waals surface area contributed by atoms with Crippen LogP contribution in [0.5, 0.6) is 0 Å². The van der Waals surface area contributed by atoms with E-state index < -0.39 is 27.8 Å². The van der Waals surface area contributed by atoms with Crippen LogP contribution in [0.15, 0.2) is 26.4 Å². The Bertz CT molecular complexity index is 817. The molecule has 2 aromatic rings. The number of aromatic amines is 1. The molecule has 21 heavy (non-hydrogen) atoms. The maximum absolute atomic E-state index is 11.5. The molecule has 4 N–H and O–H groups in total. The fraction of sp³-hybridized carbons (Fsp3) is 0.111. The van der Waals surface area contributed by atoms with Crippen LogP contribution >= 0.6 is 0 Å². The largest absolute Gasteiger partial charge is 0.359 e. The molecule has 2 heterocycles. The van der Waals surface area contributed by atoms with Crippen molar-refractivity contribution < 1.29 is 14.2 Å². The first-order chi connectivity index (χ1) is 9.92. The summed E-state index contributed by atoms with van der Waals surface area (Å²) >= 11 is 0. The monoisotopic (exact) mass is 296 g/mol. The first-order valence-corrected chi connectivity index (χ1v) is 5.37. The second-order valence-corrected chi connectivity index (χ2v) is 3.81. The van der Waals surface area contributed by atoms with E-state index in [0.717, 1.165) is 10.8 Å². The molecule has 110 valence electrons. The molecule has 2 rings (SSSR count). The van der Waals surface area contributed by atoms with Gasteiger partial charge in [-0.05, 0) is 0 Å². The lowest BCUT2D eigenvalue weighted by Crippen LogP contribution is -2.31. The van der Waals surface area contributed by atoms with Crippen molar-refractivity contribution in [3.8, 4) is 0 Å². The van der Waals surface area contributed by atoms with Crippen molar-refractivity contribution in [3.63, 3.8) is 0 Å². The molecule has 0 fully saturated rings. The Morgan fingerprint density at radius 1 is 1.57 bits per heavy atom. The minimum atomic E-state index is -1.11. The van der Waals surface area contributed by atoms with Gasteiger partial charge in [-0.15, -0.1) is 0 Å². The third-order valence-electron chi connectivity index (χ3n) is 2.44. The summed E-state index contributed by atoms with van der Waals surface area (Å²) in [4.78, 5) is 45.4. The van der Waals surface area contributed by atoms with Gasteiger partial charge < -0.3 is 4.52 Å². The maximum atomic E-state index is 11.5. The molecule has 0 aliphatic heterocycles. The van der Waals surface area contributed by atoms with Crippen LogP contribution in [0.4, 0.5) is 5.69 Å². The maximum Gasteiger partial charge on any atom is 0.350 e. The highest BCUT2D eigenvalue weighted by Gasteiger charge is 2.17. The van der Waals surface area contributed by atoms with E-state index in [-0.39, 0.29) is 18.0 Å². The predicted octanol–water partition coefficient (Wildman–Crippen LogP) is -1.92. The Morgan fingerprint density at radius 2 is 2.29 bits per heavy atom. The molecule has 0 bridgehead atoms. The predicted molar refractivity (Wildman–Crippen MR) is 65.2 cm³/mol. The number of hydrazine groups is 1. The van der Waals surface area contributed by atoms with Crippen LogP contribution in [0, 0.1) is 10.1 Å². The summed E-state index contributed by atoms with van der Waals surface area (Å²) in [5, 5.41) is 14.0. The number of nitrogen functional groups attached to an aromatic ring is 1. The van der Waals surface area contributed by atoms with E-state index in [1.807, 2.05) is 5.43 Å². The van der Waals surface area contributed by atoms with E-state index in [1.54, 1.807) is 4.98 Å². The number of carbonyl (C=O) groups excluding carboxylic acids is 1. The van der Waals surface area contributed by atoms with Gasteiger partial charge in [0.05, 0.1) is 17.7 Å². The number of amides is 1. The first-order valence-electron chi connectivity index (χ1n) is 5.37. The number of nitrogens with one attached hydrogen (secondary N) is 2. The molecule has 2 aromatic heterocycles.